The van der Waals surface area contributed by atoms with Crippen molar-refractivity contribution in [2.75, 3.05) is 0 Å². The van der Waals surface area contributed by atoms with Gasteiger partial charge in [-0.1, -0.05) is 0 Å². The lowest BCUT2D eigenvalue weighted by molar-refractivity contribution is 0.241. The van der Waals surface area contributed by atoms with E-state index < -0.39 is 5.43 Å². The first-order chi connectivity index (χ1) is 11.3. The number of fused-ring (bicyclic) bond motifs is 1. The van der Waals surface area contributed by atoms with Crippen LogP contribution in [-0.4, -0.2) is 21.4 Å². The molecule has 0 radical (unpaired) electrons. The van der Waals surface area contributed by atoms with Gasteiger partial charge in [0.2, 0.25) is 0 Å². The molecule has 0 amide bonds. The third kappa shape index (κ3) is 2.86. The molecule has 24 heavy (non-hydrogen) atoms. The summed E-state index contributed by atoms with van der Waals surface area (Å²) in [6, 6.07) is 8.20. The number of benzene rings is 2. The quantitative estimate of drug-likeness (QED) is 0.637. The minimum absolute atomic E-state index is 0.0536. The Morgan fingerprint density at radius 3 is 2.38 bits per heavy atom. The summed E-state index contributed by atoms with van der Waals surface area (Å²) in [7, 11) is 0. The van der Waals surface area contributed by atoms with Crippen molar-refractivity contribution in [3.8, 4) is 34.3 Å². The van der Waals surface area contributed by atoms with E-state index in [-0.39, 0.29) is 40.1 Å². The van der Waals surface area contributed by atoms with Gasteiger partial charge in [0.15, 0.2) is 16.9 Å². The zero-order valence-corrected chi connectivity index (χ0v) is 13.1. The van der Waals surface area contributed by atoms with Gasteiger partial charge < -0.3 is 24.5 Å². The number of rotatable bonds is 3. The van der Waals surface area contributed by atoms with Crippen LogP contribution in [0.5, 0.6) is 23.0 Å². The molecule has 1 aromatic heterocycles. The van der Waals surface area contributed by atoms with Crippen molar-refractivity contribution in [2.24, 2.45) is 0 Å². The van der Waals surface area contributed by atoms with Gasteiger partial charge in [-0.15, -0.1) is 0 Å². The van der Waals surface area contributed by atoms with Gasteiger partial charge in [-0.2, -0.15) is 0 Å². The van der Waals surface area contributed by atoms with E-state index in [9.17, 15) is 20.1 Å². The predicted molar refractivity (Wildman–Crippen MR) is 88.7 cm³/mol. The Morgan fingerprint density at radius 2 is 1.71 bits per heavy atom. The molecule has 1 heterocycles. The number of phenolic OH excluding ortho intramolecular Hbond substituents is 3. The van der Waals surface area contributed by atoms with Gasteiger partial charge in [0, 0.05) is 23.8 Å². The maximum atomic E-state index is 12.3. The second kappa shape index (κ2) is 5.81. The Balaban J connectivity index is 2.20. The molecule has 6 nitrogen and oxygen atoms in total. The molecule has 0 saturated heterocycles. The van der Waals surface area contributed by atoms with Gasteiger partial charge in [-0.05, 0) is 32.0 Å². The molecule has 0 spiro atoms. The van der Waals surface area contributed by atoms with Gasteiger partial charge in [0.1, 0.15) is 28.2 Å². The Hall–Kier alpha value is -3.15. The normalized spacial score (nSPS) is 11.1. The first-order valence-corrected chi connectivity index (χ1v) is 7.35. The molecule has 6 heteroatoms. The van der Waals surface area contributed by atoms with Crippen LogP contribution in [0, 0.1) is 0 Å². The molecule has 3 N–H and O–H groups in total. The topological polar surface area (TPSA) is 100 Å². The third-order valence-electron chi connectivity index (χ3n) is 3.42. The van der Waals surface area contributed by atoms with Crippen molar-refractivity contribution >= 4 is 11.0 Å². The summed E-state index contributed by atoms with van der Waals surface area (Å²) in [4.78, 5) is 12.3. The highest BCUT2D eigenvalue weighted by molar-refractivity contribution is 5.86. The van der Waals surface area contributed by atoms with Crippen molar-refractivity contribution in [3.05, 3.63) is 46.6 Å². The molecule has 0 aliphatic rings. The second-order valence-electron chi connectivity index (χ2n) is 5.66. The molecule has 2 aromatic carbocycles. The molecule has 3 aromatic rings. The fraction of sp³-hybridized carbons (Fsp3) is 0.167. The average molecular weight is 328 g/mol. The van der Waals surface area contributed by atoms with E-state index in [2.05, 4.69) is 0 Å². The van der Waals surface area contributed by atoms with Gasteiger partial charge in [0.25, 0.3) is 0 Å². The Labute approximate surface area is 137 Å². The summed E-state index contributed by atoms with van der Waals surface area (Å²) in [6.07, 6.45) is -0.106. The second-order valence-corrected chi connectivity index (χ2v) is 5.66. The predicted octanol–water partition coefficient (Wildman–Crippen LogP) is 3.36. The summed E-state index contributed by atoms with van der Waals surface area (Å²) in [6.45, 7) is 3.68. The maximum Gasteiger partial charge on any atom is 0.197 e. The number of phenols is 3. The van der Waals surface area contributed by atoms with E-state index in [1.54, 1.807) is 0 Å². The molecular formula is C18H16O6. The minimum atomic E-state index is -0.424. The molecular weight excluding hydrogens is 312 g/mol. The molecule has 0 fully saturated rings. The molecule has 0 saturated carbocycles. The lowest BCUT2D eigenvalue weighted by Gasteiger charge is -2.11. The van der Waals surface area contributed by atoms with Crippen LogP contribution in [0.15, 0.2) is 45.6 Å². The summed E-state index contributed by atoms with van der Waals surface area (Å²) < 4.78 is 11.2. The Morgan fingerprint density at radius 1 is 0.958 bits per heavy atom. The summed E-state index contributed by atoms with van der Waals surface area (Å²) in [5, 5.41) is 29.1. The number of aromatic hydroxyl groups is 3. The van der Waals surface area contributed by atoms with Crippen LogP contribution in [0.4, 0.5) is 0 Å². The molecule has 0 unspecified atom stereocenters. The van der Waals surface area contributed by atoms with Gasteiger partial charge in [-0.3, -0.25) is 4.79 Å². The van der Waals surface area contributed by atoms with Gasteiger partial charge in [-0.25, -0.2) is 0 Å². The van der Waals surface area contributed by atoms with Crippen LogP contribution in [0.25, 0.3) is 22.3 Å². The first kappa shape index (κ1) is 15.7. The highest BCUT2D eigenvalue weighted by Gasteiger charge is 2.14. The molecule has 0 aliphatic carbocycles. The summed E-state index contributed by atoms with van der Waals surface area (Å²) in [5.41, 5.74) is 0.159. The van der Waals surface area contributed by atoms with Crippen LogP contribution in [-0.2, 0) is 0 Å². The van der Waals surface area contributed by atoms with E-state index in [0.29, 0.717) is 11.3 Å². The zero-order chi connectivity index (χ0) is 17.4. The highest BCUT2D eigenvalue weighted by atomic mass is 16.5. The van der Waals surface area contributed by atoms with Crippen LogP contribution < -0.4 is 10.2 Å². The highest BCUT2D eigenvalue weighted by Crippen LogP contribution is 2.34. The molecule has 3 rings (SSSR count). The van der Waals surface area contributed by atoms with Crippen molar-refractivity contribution in [3.63, 3.8) is 0 Å². The Kier molecular flexibility index (Phi) is 3.81. The average Bonchev–Trinajstić information content (AvgIpc) is 2.48. The molecule has 0 bridgehead atoms. The number of ether oxygens (including phenoxy) is 1. The van der Waals surface area contributed by atoms with Crippen molar-refractivity contribution in [1.82, 2.24) is 0 Å². The standard InChI is InChI=1S/C18H16O6/c1-9(2)23-11-6-14(21)18-15(22)8-16(24-17(18)7-11)10-3-4-12(19)13(20)5-10/h3-9,19-21H,1-2H3. The van der Waals surface area contributed by atoms with E-state index in [1.807, 2.05) is 13.8 Å². The van der Waals surface area contributed by atoms with E-state index in [1.165, 1.54) is 36.4 Å². The molecule has 0 aliphatic heterocycles. The van der Waals surface area contributed by atoms with Crippen LogP contribution in [0.2, 0.25) is 0 Å². The lowest BCUT2D eigenvalue weighted by atomic mass is 10.1. The minimum Gasteiger partial charge on any atom is -0.507 e. The van der Waals surface area contributed by atoms with E-state index in [0.717, 1.165) is 0 Å². The third-order valence-corrected chi connectivity index (χ3v) is 3.42. The van der Waals surface area contributed by atoms with Crippen molar-refractivity contribution in [1.29, 1.82) is 0 Å². The van der Waals surface area contributed by atoms with Crippen LogP contribution >= 0.6 is 0 Å². The molecule has 0 atom stereocenters. The Bertz CT molecular complexity index is 971. The fourth-order valence-electron chi connectivity index (χ4n) is 2.40. The SMILES string of the molecule is CC(C)Oc1cc(O)c2c(=O)cc(-c3ccc(O)c(O)c3)oc2c1. The smallest absolute Gasteiger partial charge is 0.197 e. The van der Waals surface area contributed by atoms with Crippen LogP contribution in [0.3, 0.4) is 0 Å². The first-order valence-electron chi connectivity index (χ1n) is 7.35. The largest absolute Gasteiger partial charge is 0.507 e. The monoisotopic (exact) mass is 328 g/mol. The summed E-state index contributed by atoms with van der Waals surface area (Å²) >= 11 is 0. The number of hydrogen-bond acceptors (Lipinski definition) is 6. The van der Waals surface area contributed by atoms with Gasteiger partial charge >= 0.3 is 0 Å². The summed E-state index contributed by atoms with van der Waals surface area (Å²) in [5.74, 6) is -0.244. The lowest BCUT2D eigenvalue weighted by Crippen LogP contribution is -2.06. The number of hydrogen-bond donors (Lipinski definition) is 3. The fourth-order valence-corrected chi connectivity index (χ4v) is 2.40. The van der Waals surface area contributed by atoms with E-state index >= 15 is 0 Å². The van der Waals surface area contributed by atoms with Gasteiger partial charge in [0.05, 0.1) is 6.10 Å². The van der Waals surface area contributed by atoms with E-state index in [4.69, 9.17) is 9.15 Å². The van der Waals surface area contributed by atoms with Crippen molar-refractivity contribution in [2.45, 2.75) is 20.0 Å². The van der Waals surface area contributed by atoms with Crippen LogP contribution in [0.1, 0.15) is 13.8 Å². The van der Waals surface area contributed by atoms with Crippen molar-refractivity contribution < 1.29 is 24.5 Å². The molecule has 124 valence electrons. The zero-order valence-electron chi connectivity index (χ0n) is 13.1. The maximum absolute atomic E-state index is 12.3.